The molecule has 0 aliphatic carbocycles. The van der Waals surface area contributed by atoms with Gasteiger partial charge in [0.2, 0.25) is 0 Å². The number of aliphatic hydroxyl groups excluding tert-OH is 2. The lowest BCUT2D eigenvalue weighted by molar-refractivity contribution is -0.154. The highest BCUT2D eigenvalue weighted by Gasteiger charge is 2.26. The van der Waals surface area contributed by atoms with Crippen LogP contribution in [0.2, 0.25) is 0 Å². The highest BCUT2D eigenvalue weighted by molar-refractivity contribution is 7.47. The Kier molecular flexibility index (Phi) is 34.5. The molecule has 3 atom stereocenters. The topological polar surface area (TPSA) is 132 Å². The Morgan fingerprint density at radius 3 is 1.79 bits per heavy atom. The quantitative estimate of drug-likeness (QED) is 0.0253. The predicted octanol–water partition coefficient (Wildman–Crippen LogP) is 9.69. The first-order valence-corrected chi connectivity index (χ1v) is 20.5. The van der Waals surface area contributed by atoms with Crippen molar-refractivity contribution >= 4 is 13.8 Å². The molecule has 0 radical (unpaired) electrons. The van der Waals surface area contributed by atoms with Crippen molar-refractivity contribution in [2.45, 2.75) is 167 Å². The summed E-state index contributed by atoms with van der Waals surface area (Å²) in [6.07, 6.45) is 35.3. The van der Waals surface area contributed by atoms with E-state index < -0.39 is 39.2 Å². The zero-order valence-corrected chi connectivity index (χ0v) is 31.3. The second-order valence-electron chi connectivity index (χ2n) is 12.6. The number of aliphatic hydroxyl groups is 2. The molecule has 0 heterocycles. The molecular weight excluding hydrogens is 631 g/mol. The summed E-state index contributed by atoms with van der Waals surface area (Å²) >= 11 is 0. The number of ether oxygens (including phenoxy) is 2. The average Bonchev–Trinajstić information content (AvgIpc) is 3.07. The molecule has 9 nitrogen and oxygen atoms in total. The fourth-order valence-electron chi connectivity index (χ4n) is 4.96. The molecule has 0 bridgehead atoms. The molecule has 0 aromatic heterocycles. The Labute approximate surface area is 293 Å². The van der Waals surface area contributed by atoms with Crippen molar-refractivity contribution in [2.75, 3.05) is 33.0 Å². The lowest BCUT2D eigenvalue weighted by Gasteiger charge is -2.20. The smallest absolute Gasteiger partial charge is 0.457 e. The minimum Gasteiger partial charge on any atom is -0.457 e. The summed E-state index contributed by atoms with van der Waals surface area (Å²) in [5, 5.41) is 18.3. The molecule has 0 spiro atoms. The van der Waals surface area contributed by atoms with Crippen LogP contribution >= 0.6 is 7.82 Å². The minimum atomic E-state index is -4.51. The number of unbranched alkanes of at least 4 members (excludes halogenated alkanes) is 16. The van der Waals surface area contributed by atoms with Crippen LogP contribution in [0.3, 0.4) is 0 Å². The Morgan fingerprint density at radius 2 is 1.19 bits per heavy atom. The van der Waals surface area contributed by atoms with E-state index in [-0.39, 0.29) is 19.6 Å². The Morgan fingerprint density at radius 1 is 0.667 bits per heavy atom. The number of hydrogen-bond donors (Lipinski definition) is 3. The standard InChI is InChI=1S/C38H71O9P/c1-3-5-7-9-11-13-15-16-17-18-19-20-21-22-24-26-28-30-38(41)47-37(35-46-48(42,43)45-33-36(40)32-39)34-44-31-29-27-25-23-14-12-10-8-6-4-2/h5,7,11,13,16-17,36-37,39-40H,3-4,6,8-10,12,14-15,18-35H2,1-2H3,(H,42,43)/b7-5-,13-11-,17-16-. The molecule has 0 saturated carbocycles. The van der Waals surface area contributed by atoms with Crippen molar-refractivity contribution in [3.05, 3.63) is 36.5 Å². The Balaban J connectivity index is 4.22. The summed E-state index contributed by atoms with van der Waals surface area (Å²) in [4.78, 5) is 22.5. The summed E-state index contributed by atoms with van der Waals surface area (Å²) in [5.41, 5.74) is 0. The van der Waals surface area contributed by atoms with Gasteiger partial charge in [-0.1, -0.05) is 140 Å². The van der Waals surface area contributed by atoms with Crippen LogP contribution in [0.15, 0.2) is 36.5 Å². The fourth-order valence-corrected chi connectivity index (χ4v) is 5.75. The van der Waals surface area contributed by atoms with E-state index in [1.165, 1.54) is 64.2 Å². The number of phosphoric acid groups is 1. The van der Waals surface area contributed by atoms with Crippen LogP contribution in [0.1, 0.15) is 155 Å². The Hall–Kier alpha value is -1.32. The van der Waals surface area contributed by atoms with Gasteiger partial charge in [0, 0.05) is 13.0 Å². The minimum absolute atomic E-state index is 0.0466. The van der Waals surface area contributed by atoms with Crippen LogP contribution in [0.25, 0.3) is 0 Å². The summed E-state index contributed by atoms with van der Waals surface area (Å²) in [7, 11) is -4.51. The summed E-state index contributed by atoms with van der Waals surface area (Å²) < 4.78 is 33.2. The number of carbonyl (C=O) groups excluding carboxylic acids is 1. The second-order valence-corrected chi connectivity index (χ2v) is 14.0. The molecular formula is C38H71O9P. The van der Waals surface area contributed by atoms with E-state index in [0.29, 0.717) is 6.61 Å². The van der Waals surface area contributed by atoms with Gasteiger partial charge in [-0.25, -0.2) is 4.57 Å². The van der Waals surface area contributed by atoms with Crippen LogP contribution < -0.4 is 0 Å². The molecule has 3 N–H and O–H groups in total. The van der Waals surface area contributed by atoms with E-state index in [9.17, 15) is 19.4 Å². The number of esters is 1. The average molecular weight is 703 g/mol. The predicted molar refractivity (Wildman–Crippen MR) is 196 cm³/mol. The number of allylic oxidation sites excluding steroid dienone is 6. The van der Waals surface area contributed by atoms with E-state index in [4.69, 9.17) is 23.6 Å². The van der Waals surface area contributed by atoms with Crippen LogP contribution in [-0.4, -0.2) is 66.3 Å². The van der Waals surface area contributed by atoms with Crippen molar-refractivity contribution in [1.29, 1.82) is 0 Å². The van der Waals surface area contributed by atoms with Gasteiger partial charge in [-0.15, -0.1) is 0 Å². The number of phosphoric ester groups is 1. The number of rotatable bonds is 36. The third kappa shape index (κ3) is 34.5. The SMILES string of the molecule is CC/C=C\C/C=C\C/C=C\CCCCCCCCCC(=O)OC(COCCCCCCCCCCCC)COP(=O)(O)OCC(O)CO. The maximum Gasteiger partial charge on any atom is 0.472 e. The molecule has 0 rings (SSSR count). The van der Waals surface area contributed by atoms with Crippen LogP contribution in [-0.2, 0) is 27.9 Å². The van der Waals surface area contributed by atoms with Crippen molar-refractivity contribution in [3.63, 3.8) is 0 Å². The molecule has 0 aliphatic rings. The van der Waals surface area contributed by atoms with Gasteiger partial charge in [-0.05, 0) is 44.9 Å². The molecule has 48 heavy (non-hydrogen) atoms. The molecule has 0 aromatic rings. The number of carbonyl (C=O) groups is 1. The van der Waals surface area contributed by atoms with E-state index in [0.717, 1.165) is 70.6 Å². The molecule has 0 aliphatic heterocycles. The molecule has 0 fully saturated rings. The van der Waals surface area contributed by atoms with Gasteiger partial charge >= 0.3 is 13.8 Å². The molecule has 0 amide bonds. The summed E-state index contributed by atoms with van der Waals surface area (Å²) in [6, 6.07) is 0. The van der Waals surface area contributed by atoms with Gasteiger partial charge in [0.25, 0.3) is 0 Å². The van der Waals surface area contributed by atoms with Crippen LogP contribution in [0.5, 0.6) is 0 Å². The third-order valence-electron chi connectivity index (χ3n) is 7.84. The lowest BCUT2D eigenvalue weighted by atomic mass is 10.1. The first-order chi connectivity index (χ1) is 23.3. The van der Waals surface area contributed by atoms with Crippen molar-refractivity contribution in [3.8, 4) is 0 Å². The van der Waals surface area contributed by atoms with Gasteiger partial charge in [0.15, 0.2) is 0 Å². The van der Waals surface area contributed by atoms with Crippen LogP contribution in [0, 0.1) is 0 Å². The summed E-state index contributed by atoms with van der Waals surface area (Å²) in [6.45, 7) is 3.38. The maximum absolute atomic E-state index is 12.5. The lowest BCUT2D eigenvalue weighted by Crippen LogP contribution is -2.29. The van der Waals surface area contributed by atoms with Gasteiger partial charge < -0.3 is 24.6 Å². The normalized spacial score (nSPS) is 14.7. The van der Waals surface area contributed by atoms with Gasteiger partial charge in [0.1, 0.15) is 12.2 Å². The van der Waals surface area contributed by atoms with Gasteiger partial charge in [-0.2, -0.15) is 0 Å². The molecule has 10 heteroatoms. The Bertz CT molecular complexity index is 846. The van der Waals surface area contributed by atoms with Crippen molar-refractivity contribution in [1.82, 2.24) is 0 Å². The van der Waals surface area contributed by atoms with E-state index >= 15 is 0 Å². The first-order valence-electron chi connectivity index (χ1n) is 19.0. The molecule has 0 saturated heterocycles. The fraction of sp³-hybridized carbons (Fsp3) is 0.816. The first kappa shape index (κ1) is 46.7. The summed E-state index contributed by atoms with van der Waals surface area (Å²) in [5.74, 6) is -0.394. The van der Waals surface area contributed by atoms with E-state index in [1.807, 2.05) is 0 Å². The monoisotopic (exact) mass is 702 g/mol. The van der Waals surface area contributed by atoms with E-state index in [2.05, 4.69) is 50.3 Å². The van der Waals surface area contributed by atoms with Gasteiger partial charge in [0.05, 0.1) is 26.4 Å². The van der Waals surface area contributed by atoms with Crippen molar-refractivity contribution in [2.24, 2.45) is 0 Å². The molecule has 282 valence electrons. The highest BCUT2D eigenvalue weighted by atomic mass is 31.2. The zero-order chi connectivity index (χ0) is 35.4. The van der Waals surface area contributed by atoms with Gasteiger partial charge in [-0.3, -0.25) is 13.8 Å². The van der Waals surface area contributed by atoms with E-state index in [1.54, 1.807) is 0 Å². The molecule has 0 aromatic carbocycles. The highest BCUT2D eigenvalue weighted by Crippen LogP contribution is 2.43. The maximum atomic E-state index is 12.5. The van der Waals surface area contributed by atoms with Crippen molar-refractivity contribution < 1.29 is 43.0 Å². The largest absolute Gasteiger partial charge is 0.472 e. The second kappa shape index (κ2) is 35.5. The zero-order valence-electron chi connectivity index (χ0n) is 30.4. The number of hydrogen-bond acceptors (Lipinski definition) is 8. The van der Waals surface area contributed by atoms with Crippen LogP contribution in [0.4, 0.5) is 0 Å². The third-order valence-corrected chi connectivity index (χ3v) is 8.79. The molecule has 3 unspecified atom stereocenters.